The van der Waals surface area contributed by atoms with Crippen molar-refractivity contribution in [1.82, 2.24) is 4.90 Å². The van der Waals surface area contributed by atoms with Gasteiger partial charge in [0.15, 0.2) is 0 Å². The first-order chi connectivity index (χ1) is 5.57. The summed E-state index contributed by atoms with van der Waals surface area (Å²) in [7, 11) is 0. The second-order valence-corrected chi connectivity index (χ2v) is 5.62. The number of rotatable bonds is 1. The van der Waals surface area contributed by atoms with Crippen LogP contribution >= 0.6 is 0 Å². The van der Waals surface area contributed by atoms with Gasteiger partial charge in [-0.25, -0.2) is 0 Å². The molecule has 0 N–H and O–H groups in total. The van der Waals surface area contributed by atoms with Gasteiger partial charge in [-0.05, 0) is 37.1 Å². The van der Waals surface area contributed by atoms with Crippen LogP contribution in [0.5, 0.6) is 0 Å². The van der Waals surface area contributed by atoms with Crippen molar-refractivity contribution < 1.29 is 0 Å². The molecule has 1 nitrogen and oxygen atoms in total. The molecule has 1 aliphatic carbocycles. The molecule has 0 radical (unpaired) electrons. The summed E-state index contributed by atoms with van der Waals surface area (Å²) in [5.74, 6) is 0.999. The van der Waals surface area contributed by atoms with Crippen LogP contribution in [-0.2, 0) is 0 Å². The first-order valence-electron chi connectivity index (χ1n) is 5.31. The molecule has 0 amide bonds. The molecule has 0 aromatic heterocycles. The molecule has 0 spiro atoms. The monoisotopic (exact) mass is 167 g/mol. The van der Waals surface area contributed by atoms with Crippen molar-refractivity contribution in [3.05, 3.63) is 0 Å². The van der Waals surface area contributed by atoms with E-state index in [2.05, 4.69) is 25.7 Å². The van der Waals surface area contributed by atoms with Crippen molar-refractivity contribution in [1.29, 1.82) is 0 Å². The Morgan fingerprint density at radius 2 is 1.92 bits per heavy atom. The third-order valence-electron chi connectivity index (χ3n) is 3.57. The molecular formula is C11H21N. The van der Waals surface area contributed by atoms with E-state index in [-0.39, 0.29) is 0 Å². The van der Waals surface area contributed by atoms with E-state index < -0.39 is 0 Å². The zero-order valence-corrected chi connectivity index (χ0v) is 8.64. The highest BCUT2D eigenvalue weighted by molar-refractivity contribution is 4.91. The minimum atomic E-state index is 0.596. The lowest BCUT2D eigenvalue weighted by molar-refractivity contribution is 0.0999. The quantitative estimate of drug-likeness (QED) is 0.580. The molecule has 0 aromatic rings. The maximum absolute atomic E-state index is 2.71. The first-order valence-corrected chi connectivity index (χ1v) is 5.31. The highest BCUT2D eigenvalue weighted by Gasteiger charge is 2.37. The fraction of sp³-hybridized carbons (Fsp3) is 1.00. The second kappa shape index (κ2) is 2.73. The largest absolute Gasteiger partial charge is 0.300 e. The van der Waals surface area contributed by atoms with Gasteiger partial charge in [0, 0.05) is 12.6 Å². The zero-order chi connectivity index (χ0) is 8.77. The minimum absolute atomic E-state index is 0.596. The fourth-order valence-electron chi connectivity index (χ4n) is 2.62. The van der Waals surface area contributed by atoms with Gasteiger partial charge in [-0.3, -0.25) is 4.90 Å². The van der Waals surface area contributed by atoms with E-state index in [1.165, 1.54) is 32.4 Å². The average molecular weight is 167 g/mol. The lowest BCUT2D eigenvalue weighted by Crippen LogP contribution is -2.43. The summed E-state index contributed by atoms with van der Waals surface area (Å²) in [4.78, 5) is 2.71. The third-order valence-corrected chi connectivity index (χ3v) is 3.57. The molecule has 0 unspecified atom stereocenters. The number of hydrogen-bond donors (Lipinski definition) is 0. The number of hydrogen-bond acceptors (Lipinski definition) is 1. The SMILES string of the molecule is CC1CC(N2CCC(C)(C)C2)C1. The Morgan fingerprint density at radius 1 is 1.25 bits per heavy atom. The van der Waals surface area contributed by atoms with Crippen LogP contribution in [0.25, 0.3) is 0 Å². The summed E-state index contributed by atoms with van der Waals surface area (Å²) in [6.07, 6.45) is 4.31. The van der Waals surface area contributed by atoms with E-state index in [4.69, 9.17) is 0 Å². The fourth-order valence-corrected chi connectivity index (χ4v) is 2.62. The van der Waals surface area contributed by atoms with E-state index >= 15 is 0 Å². The molecule has 0 bridgehead atoms. The van der Waals surface area contributed by atoms with Crippen LogP contribution in [0.1, 0.15) is 40.0 Å². The minimum Gasteiger partial charge on any atom is -0.300 e. The Hall–Kier alpha value is -0.0400. The zero-order valence-electron chi connectivity index (χ0n) is 8.64. The highest BCUT2D eigenvalue weighted by Crippen LogP contribution is 2.37. The summed E-state index contributed by atoms with van der Waals surface area (Å²) in [6, 6.07) is 0.946. The van der Waals surface area contributed by atoms with E-state index in [9.17, 15) is 0 Å². The van der Waals surface area contributed by atoms with Gasteiger partial charge < -0.3 is 0 Å². The van der Waals surface area contributed by atoms with Crippen LogP contribution in [0.3, 0.4) is 0 Å². The Labute approximate surface area is 76.1 Å². The van der Waals surface area contributed by atoms with Crippen LogP contribution in [0.4, 0.5) is 0 Å². The first kappa shape index (κ1) is 8.55. The molecule has 1 aliphatic heterocycles. The predicted octanol–water partition coefficient (Wildman–Crippen LogP) is 2.52. The molecule has 12 heavy (non-hydrogen) atoms. The summed E-state index contributed by atoms with van der Waals surface area (Å²) < 4.78 is 0. The molecule has 2 aliphatic rings. The molecule has 1 saturated carbocycles. The van der Waals surface area contributed by atoms with Gasteiger partial charge in [-0.15, -0.1) is 0 Å². The maximum atomic E-state index is 2.71. The average Bonchev–Trinajstić information content (AvgIpc) is 2.23. The topological polar surface area (TPSA) is 3.24 Å². The Morgan fingerprint density at radius 3 is 2.33 bits per heavy atom. The highest BCUT2D eigenvalue weighted by atomic mass is 15.2. The molecule has 1 saturated heterocycles. The van der Waals surface area contributed by atoms with Crippen LogP contribution in [0.15, 0.2) is 0 Å². The van der Waals surface area contributed by atoms with Crippen molar-refractivity contribution in [3.63, 3.8) is 0 Å². The molecule has 70 valence electrons. The van der Waals surface area contributed by atoms with Crippen molar-refractivity contribution in [3.8, 4) is 0 Å². The molecule has 2 rings (SSSR count). The lowest BCUT2D eigenvalue weighted by atomic mass is 9.81. The second-order valence-electron chi connectivity index (χ2n) is 5.62. The van der Waals surface area contributed by atoms with Gasteiger partial charge >= 0.3 is 0 Å². The van der Waals surface area contributed by atoms with E-state index in [0.29, 0.717) is 5.41 Å². The van der Waals surface area contributed by atoms with Crippen LogP contribution in [0.2, 0.25) is 0 Å². The van der Waals surface area contributed by atoms with E-state index in [1.54, 1.807) is 0 Å². The molecule has 1 heteroatoms. The third kappa shape index (κ3) is 1.52. The Kier molecular flexibility index (Phi) is 1.95. The van der Waals surface area contributed by atoms with Crippen LogP contribution < -0.4 is 0 Å². The normalized spacial score (nSPS) is 41.2. The Bertz CT molecular complexity index is 168. The van der Waals surface area contributed by atoms with Gasteiger partial charge in [0.1, 0.15) is 0 Å². The van der Waals surface area contributed by atoms with Gasteiger partial charge in [0.2, 0.25) is 0 Å². The lowest BCUT2D eigenvalue weighted by Gasteiger charge is -2.40. The summed E-state index contributed by atoms with van der Waals surface area (Å²) in [6.45, 7) is 9.86. The van der Waals surface area contributed by atoms with Crippen molar-refractivity contribution in [2.24, 2.45) is 11.3 Å². The van der Waals surface area contributed by atoms with Gasteiger partial charge in [0.25, 0.3) is 0 Å². The van der Waals surface area contributed by atoms with Crippen molar-refractivity contribution in [2.75, 3.05) is 13.1 Å². The molecule has 2 fully saturated rings. The summed E-state index contributed by atoms with van der Waals surface area (Å²) >= 11 is 0. The van der Waals surface area contributed by atoms with Gasteiger partial charge in [0.05, 0.1) is 0 Å². The van der Waals surface area contributed by atoms with E-state index in [1.807, 2.05) is 0 Å². The number of nitrogens with zero attached hydrogens (tertiary/aromatic N) is 1. The van der Waals surface area contributed by atoms with Crippen molar-refractivity contribution >= 4 is 0 Å². The predicted molar refractivity (Wildman–Crippen MR) is 52.2 cm³/mol. The van der Waals surface area contributed by atoms with Crippen molar-refractivity contribution in [2.45, 2.75) is 46.1 Å². The molecule has 0 atom stereocenters. The number of likely N-dealkylation sites (tertiary alicyclic amines) is 1. The van der Waals surface area contributed by atoms with Gasteiger partial charge in [-0.1, -0.05) is 20.8 Å². The van der Waals surface area contributed by atoms with Gasteiger partial charge in [-0.2, -0.15) is 0 Å². The van der Waals surface area contributed by atoms with Crippen LogP contribution in [0, 0.1) is 11.3 Å². The molecule has 0 aromatic carbocycles. The van der Waals surface area contributed by atoms with Crippen LogP contribution in [-0.4, -0.2) is 24.0 Å². The summed E-state index contributed by atoms with van der Waals surface area (Å²) in [5, 5.41) is 0. The molecular weight excluding hydrogens is 146 g/mol. The smallest absolute Gasteiger partial charge is 0.0101 e. The standard InChI is InChI=1S/C11H21N/c1-9-6-10(7-9)12-5-4-11(2,3)8-12/h9-10H,4-8H2,1-3H3. The van der Waals surface area contributed by atoms with E-state index in [0.717, 1.165) is 12.0 Å². The molecule has 1 heterocycles. The Balaban J connectivity index is 1.84. The summed E-state index contributed by atoms with van der Waals surface area (Å²) in [5.41, 5.74) is 0.596. The maximum Gasteiger partial charge on any atom is 0.0101 e.